The Morgan fingerprint density at radius 1 is 1.57 bits per heavy atom. The highest BCUT2D eigenvalue weighted by atomic mass is 31.0. The molecule has 1 aromatic carbocycles. The zero-order valence-corrected chi connectivity index (χ0v) is 9.09. The number of methoxy groups -OCH3 is 1. The molecule has 2 atom stereocenters. The molecule has 0 spiro atoms. The Balaban J connectivity index is 2.30. The summed E-state index contributed by atoms with van der Waals surface area (Å²) in [6, 6.07) is 7.80. The van der Waals surface area contributed by atoms with Crippen LogP contribution in [0.2, 0.25) is 0 Å². The molecule has 1 aliphatic rings. The van der Waals surface area contributed by atoms with Gasteiger partial charge in [0.15, 0.2) is 0 Å². The van der Waals surface area contributed by atoms with Crippen molar-refractivity contribution in [2.24, 2.45) is 0 Å². The Morgan fingerprint density at radius 2 is 2.29 bits per heavy atom. The molecule has 14 heavy (non-hydrogen) atoms. The van der Waals surface area contributed by atoms with Gasteiger partial charge < -0.3 is 9.41 Å². The van der Waals surface area contributed by atoms with Crippen LogP contribution in [0.4, 0.5) is 5.69 Å². The van der Waals surface area contributed by atoms with Crippen molar-refractivity contribution in [1.82, 2.24) is 0 Å². The third-order valence-electron chi connectivity index (χ3n) is 2.49. The minimum atomic E-state index is -0.192. The standard InChI is InChI=1S/C10H12NO2P/c1-13-10(12)9-6-7-4-2-3-5-8(7)11(9)14/h2-5,9H,6,14H2,1H3. The van der Waals surface area contributed by atoms with E-state index in [2.05, 4.69) is 9.39 Å². The number of carbonyl (C=O) groups is 1. The molecule has 0 saturated carbocycles. The molecular formula is C10H12NO2P. The van der Waals surface area contributed by atoms with Crippen molar-refractivity contribution in [3.05, 3.63) is 29.8 Å². The fourth-order valence-electron chi connectivity index (χ4n) is 1.74. The van der Waals surface area contributed by atoms with Gasteiger partial charge in [-0.05, 0) is 21.0 Å². The first-order valence-corrected chi connectivity index (χ1v) is 4.95. The van der Waals surface area contributed by atoms with E-state index in [9.17, 15) is 4.79 Å². The molecule has 0 aromatic heterocycles. The summed E-state index contributed by atoms with van der Waals surface area (Å²) < 4.78 is 6.63. The van der Waals surface area contributed by atoms with Gasteiger partial charge in [0, 0.05) is 12.1 Å². The van der Waals surface area contributed by atoms with Gasteiger partial charge in [-0.3, -0.25) is 0 Å². The number of ether oxygens (including phenoxy) is 1. The minimum Gasteiger partial charge on any atom is -0.467 e. The molecule has 0 fully saturated rings. The molecule has 1 heterocycles. The molecule has 0 radical (unpaired) electrons. The lowest BCUT2D eigenvalue weighted by atomic mass is 10.1. The van der Waals surface area contributed by atoms with Crippen LogP contribution in [0.25, 0.3) is 0 Å². The van der Waals surface area contributed by atoms with E-state index < -0.39 is 0 Å². The number of rotatable bonds is 1. The van der Waals surface area contributed by atoms with E-state index in [0.717, 1.165) is 12.1 Å². The van der Waals surface area contributed by atoms with Gasteiger partial charge in [0.1, 0.15) is 6.04 Å². The fourth-order valence-corrected chi connectivity index (χ4v) is 2.22. The van der Waals surface area contributed by atoms with E-state index in [4.69, 9.17) is 4.74 Å². The highest BCUT2D eigenvalue weighted by Gasteiger charge is 2.32. The quantitative estimate of drug-likeness (QED) is 0.517. The Kier molecular flexibility index (Phi) is 2.42. The molecule has 0 bridgehead atoms. The zero-order valence-electron chi connectivity index (χ0n) is 7.93. The molecule has 2 unspecified atom stereocenters. The normalized spacial score (nSPS) is 19.3. The van der Waals surface area contributed by atoms with Crippen LogP contribution in [-0.4, -0.2) is 19.1 Å². The lowest BCUT2D eigenvalue weighted by molar-refractivity contribution is -0.141. The largest absolute Gasteiger partial charge is 0.467 e. The second-order valence-electron chi connectivity index (χ2n) is 3.28. The number of anilines is 1. The van der Waals surface area contributed by atoms with Gasteiger partial charge in [-0.15, -0.1) is 0 Å². The summed E-state index contributed by atoms with van der Waals surface area (Å²) in [5, 5.41) is 0. The summed E-state index contributed by atoms with van der Waals surface area (Å²) in [4.78, 5) is 11.4. The Morgan fingerprint density at radius 3 is 2.93 bits per heavy atom. The summed E-state index contributed by atoms with van der Waals surface area (Å²) in [5.74, 6) is -0.184. The Labute approximate surface area is 85.3 Å². The van der Waals surface area contributed by atoms with Gasteiger partial charge in [0.25, 0.3) is 0 Å². The first-order chi connectivity index (χ1) is 6.74. The van der Waals surface area contributed by atoms with Crippen LogP contribution in [0.15, 0.2) is 24.3 Å². The molecule has 0 amide bonds. The van der Waals surface area contributed by atoms with Gasteiger partial charge in [0.05, 0.1) is 7.11 Å². The lowest BCUT2D eigenvalue weighted by Crippen LogP contribution is -2.32. The Hall–Kier alpha value is -1.08. The van der Waals surface area contributed by atoms with Crippen LogP contribution in [0.3, 0.4) is 0 Å². The molecule has 2 rings (SSSR count). The summed E-state index contributed by atoms with van der Waals surface area (Å²) in [6.45, 7) is 0. The number of nitrogens with zero attached hydrogens (tertiary/aromatic N) is 1. The maximum Gasteiger partial charge on any atom is 0.329 e. The monoisotopic (exact) mass is 209 g/mol. The summed E-state index contributed by atoms with van der Waals surface area (Å²) in [6.07, 6.45) is 0.729. The number of benzene rings is 1. The molecule has 3 nitrogen and oxygen atoms in total. The van der Waals surface area contributed by atoms with Crippen LogP contribution in [-0.2, 0) is 16.0 Å². The lowest BCUT2D eigenvalue weighted by Gasteiger charge is -2.19. The van der Waals surface area contributed by atoms with Crippen molar-refractivity contribution in [3.63, 3.8) is 0 Å². The van der Waals surface area contributed by atoms with Crippen molar-refractivity contribution in [1.29, 1.82) is 0 Å². The van der Waals surface area contributed by atoms with Gasteiger partial charge in [-0.25, -0.2) is 4.79 Å². The van der Waals surface area contributed by atoms with E-state index >= 15 is 0 Å². The predicted octanol–water partition coefficient (Wildman–Crippen LogP) is 1.38. The van der Waals surface area contributed by atoms with Crippen LogP contribution in [0.5, 0.6) is 0 Å². The number of esters is 1. The van der Waals surface area contributed by atoms with Crippen molar-refractivity contribution in [2.75, 3.05) is 11.8 Å². The second kappa shape index (κ2) is 3.58. The van der Waals surface area contributed by atoms with Crippen LogP contribution in [0, 0.1) is 0 Å². The van der Waals surface area contributed by atoms with Gasteiger partial charge in [-0.1, -0.05) is 18.2 Å². The first-order valence-electron chi connectivity index (χ1n) is 4.43. The molecule has 4 heteroatoms. The summed E-state index contributed by atoms with van der Waals surface area (Å²) >= 11 is 0. The van der Waals surface area contributed by atoms with Crippen molar-refractivity contribution >= 4 is 21.0 Å². The Bertz CT molecular complexity index is 367. The molecule has 1 aliphatic heterocycles. The predicted molar refractivity (Wildman–Crippen MR) is 58.1 cm³/mol. The van der Waals surface area contributed by atoms with E-state index in [-0.39, 0.29) is 12.0 Å². The summed E-state index contributed by atoms with van der Waals surface area (Å²) in [5.41, 5.74) is 2.28. The number of fused-ring (bicyclic) bond motifs is 1. The zero-order chi connectivity index (χ0) is 10.1. The molecule has 74 valence electrons. The van der Waals surface area contributed by atoms with E-state index in [1.165, 1.54) is 12.7 Å². The van der Waals surface area contributed by atoms with Crippen LogP contribution >= 0.6 is 9.39 Å². The third-order valence-corrected chi connectivity index (χ3v) is 3.13. The van der Waals surface area contributed by atoms with Gasteiger partial charge >= 0.3 is 5.97 Å². The average molecular weight is 209 g/mol. The maximum absolute atomic E-state index is 11.4. The smallest absolute Gasteiger partial charge is 0.329 e. The third kappa shape index (κ3) is 1.38. The second-order valence-corrected chi connectivity index (χ2v) is 3.84. The van der Waals surface area contributed by atoms with E-state index in [0.29, 0.717) is 0 Å². The molecule has 1 aromatic rings. The minimum absolute atomic E-state index is 0.184. The molecule has 0 aliphatic carbocycles. The van der Waals surface area contributed by atoms with Gasteiger partial charge in [-0.2, -0.15) is 0 Å². The topological polar surface area (TPSA) is 29.5 Å². The molecular weight excluding hydrogens is 197 g/mol. The van der Waals surface area contributed by atoms with E-state index in [1.54, 1.807) is 0 Å². The fraction of sp³-hybridized carbons (Fsp3) is 0.300. The van der Waals surface area contributed by atoms with Crippen LogP contribution in [0.1, 0.15) is 5.56 Å². The van der Waals surface area contributed by atoms with E-state index in [1.807, 2.05) is 28.9 Å². The first kappa shape index (κ1) is 9.47. The summed E-state index contributed by atoms with van der Waals surface area (Å²) in [7, 11) is 3.99. The number of para-hydroxylation sites is 1. The highest BCUT2D eigenvalue weighted by Crippen LogP contribution is 2.34. The highest BCUT2D eigenvalue weighted by molar-refractivity contribution is 7.19. The average Bonchev–Trinajstić information content (AvgIpc) is 2.56. The maximum atomic E-state index is 11.4. The number of carbonyl (C=O) groups excluding carboxylic acids is 1. The van der Waals surface area contributed by atoms with Crippen molar-refractivity contribution in [3.8, 4) is 0 Å². The number of hydrogen-bond acceptors (Lipinski definition) is 3. The SMILES string of the molecule is COC(=O)C1Cc2ccccc2N1P. The van der Waals surface area contributed by atoms with Crippen LogP contribution < -0.4 is 4.67 Å². The van der Waals surface area contributed by atoms with Crippen molar-refractivity contribution < 1.29 is 9.53 Å². The molecule has 0 N–H and O–H groups in total. The van der Waals surface area contributed by atoms with Crippen molar-refractivity contribution in [2.45, 2.75) is 12.5 Å². The molecule has 0 saturated heterocycles. The van der Waals surface area contributed by atoms with Gasteiger partial charge in [0.2, 0.25) is 0 Å². The number of hydrogen-bond donors (Lipinski definition) is 0.